The first-order valence-corrected chi connectivity index (χ1v) is 11.5. The van der Waals surface area contributed by atoms with Crippen molar-refractivity contribution in [3.8, 4) is 0 Å². The van der Waals surface area contributed by atoms with Gasteiger partial charge in [0.25, 0.3) is 11.8 Å². The van der Waals surface area contributed by atoms with Crippen molar-refractivity contribution in [2.75, 3.05) is 13.1 Å². The van der Waals surface area contributed by atoms with Gasteiger partial charge >= 0.3 is 5.97 Å². The lowest BCUT2D eigenvalue weighted by Gasteiger charge is -2.12. The van der Waals surface area contributed by atoms with Gasteiger partial charge in [0.05, 0.1) is 0 Å². The van der Waals surface area contributed by atoms with Gasteiger partial charge in [0, 0.05) is 45.2 Å². The minimum absolute atomic E-state index is 0.0366. The summed E-state index contributed by atoms with van der Waals surface area (Å²) in [6, 6.07) is 0. The lowest BCUT2D eigenvalue weighted by Crippen LogP contribution is -2.31. The Morgan fingerprint density at radius 3 is 1.74 bits per heavy atom. The summed E-state index contributed by atoms with van der Waals surface area (Å²) in [6.07, 6.45) is 9.02. The first-order valence-electron chi connectivity index (χ1n) is 11.5. The molecule has 9 heteroatoms. The third-order valence-corrected chi connectivity index (χ3v) is 4.99. The molecule has 0 spiro atoms. The Hall–Kier alpha value is -2.45. The summed E-state index contributed by atoms with van der Waals surface area (Å²) in [7, 11) is 0. The van der Waals surface area contributed by atoms with Crippen molar-refractivity contribution in [2.45, 2.75) is 96.8 Å². The Labute approximate surface area is 184 Å². The summed E-state index contributed by atoms with van der Waals surface area (Å²) in [5.74, 6) is -1.55. The highest BCUT2D eigenvalue weighted by Gasteiger charge is 2.32. The molecular weight excluding hydrogens is 402 g/mol. The lowest BCUT2D eigenvalue weighted by molar-refractivity contribution is -0.197. The molecule has 1 rings (SSSR count). The zero-order valence-corrected chi connectivity index (χ0v) is 18.7. The molecule has 9 nitrogen and oxygen atoms in total. The Balaban J connectivity index is 1.92. The molecule has 0 aliphatic carbocycles. The fraction of sp³-hybridized carbons (Fsp3) is 0.773. The molecular formula is C22H37N3O6. The standard InChI is InChI=1S/C22H37N3O6/c1-2-3-4-9-16-23-18(26)11-7-8-12-19(27)24-17-10-5-6-13-22(30)31-25-20(28)14-15-21(25)29/h2-17H2,1H3,(H,23,26)(H,24,27). The van der Waals surface area contributed by atoms with Gasteiger partial charge in [-0.1, -0.05) is 32.6 Å². The molecule has 31 heavy (non-hydrogen) atoms. The molecule has 0 unspecified atom stereocenters. The number of hydrogen-bond donors (Lipinski definition) is 2. The summed E-state index contributed by atoms with van der Waals surface area (Å²) in [4.78, 5) is 62.7. The molecule has 1 fully saturated rings. The molecule has 0 atom stereocenters. The molecule has 0 saturated carbocycles. The van der Waals surface area contributed by atoms with Crippen molar-refractivity contribution in [1.82, 2.24) is 15.7 Å². The predicted molar refractivity (Wildman–Crippen MR) is 114 cm³/mol. The highest BCUT2D eigenvalue weighted by Crippen LogP contribution is 2.13. The number of carbonyl (C=O) groups is 5. The van der Waals surface area contributed by atoms with Gasteiger partial charge in [-0.05, 0) is 32.1 Å². The predicted octanol–water partition coefficient (Wildman–Crippen LogP) is 2.53. The van der Waals surface area contributed by atoms with Gasteiger partial charge in [0.1, 0.15) is 0 Å². The Morgan fingerprint density at radius 2 is 1.23 bits per heavy atom. The number of unbranched alkanes of at least 4 members (excludes halogenated alkanes) is 6. The van der Waals surface area contributed by atoms with Gasteiger partial charge in [-0.15, -0.1) is 5.06 Å². The van der Waals surface area contributed by atoms with Gasteiger partial charge in [0.15, 0.2) is 0 Å². The third-order valence-electron chi connectivity index (χ3n) is 4.99. The second kappa shape index (κ2) is 16.3. The number of hydroxylamine groups is 2. The monoisotopic (exact) mass is 439 g/mol. The van der Waals surface area contributed by atoms with E-state index in [1.165, 1.54) is 12.8 Å². The fourth-order valence-electron chi connectivity index (χ4n) is 3.13. The highest BCUT2D eigenvalue weighted by molar-refractivity contribution is 6.01. The second-order valence-electron chi connectivity index (χ2n) is 7.82. The van der Waals surface area contributed by atoms with E-state index >= 15 is 0 Å². The average Bonchev–Trinajstić information content (AvgIpc) is 3.05. The quantitative estimate of drug-likeness (QED) is 0.265. The van der Waals surface area contributed by atoms with Crippen molar-refractivity contribution in [3.05, 3.63) is 0 Å². The van der Waals surface area contributed by atoms with Crippen LogP contribution in [-0.2, 0) is 28.8 Å². The largest absolute Gasteiger partial charge is 0.356 e. The van der Waals surface area contributed by atoms with Crippen molar-refractivity contribution < 1.29 is 28.8 Å². The molecule has 0 radical (unpaired) electrons. The van der Waals surface area contributed by atoms with Crippen LogP contribution in [0.15, 0.2) is 0 Å². The van der Waals surface area contributed by atoms with E-state index in [1.54, 1.807) is 0 Å². The van der Waals surface area contributed by atoms with Gasteiger partial charge in [-0.3, -0.25) is 19.2 Å². The van der Waals surface area contributed by atoms with Crippen molar-refractivity contribution in [2.24, 2.45) is 0 Å². The maximum absolute atomic E-state index is 11.8. The summed E-state index contributed by atoms with van der Waals surface area (Å²) >= 11 is 0. The van der Waals surface area contributed by atoms with E-state index in [0.717, 1.165) is 32.2 Å². The van der Waals surface area contributed by atoms with E-state index in [2.05, 4.69) is 17.6 Å². The third kappa shape index (κ3) is 12.8. The smallest absolute Gasteiger partial charge is 0.333 e. The van der Waals surface area contributed by atoms with Gasteiger partial charge in [-0.2, -0.15) is 0 Å². The van der Waals surface area contributed by atoms with Crippen LogP contribution in [0.2, 0.25) is 0 Å². The van der Waals surface area contributed by atoms with Gasteiger partial charge < -0.3 is 15.5 Å². The molecule has 1 heterocycles. The number of carbonyl (C=O) groups excluding carboxylic acids is 5. The molecule has 1 aliphatic heterocycles. The number of rotatable bonds is 17. The minimum Gasteiger partial charge on any atom is -0.356 e. The number of hydrogen-bond acceptors (Lipinski definition) is 6. The van der Waals surface area contributed by atoms with Crippen LogP contribution in [0.5, 0.6) is 0 Å². The number of nitrogens with zero attached hydrogens (tertiary/aromatic N) is 1. The Morgan fingerprint density at radius 1 is 0.742 bits per heavy atom. The van der Waals surface area contributed by atoms with E-state index in [0.29, 0.717) is 43.7 Å². The summed E-state index contributed by atoms with van der Waals surface area (Å²) < 4.78 is 0. The maximum atomic E-state index is 11.8. The summed E-state index contributed by atoms with van der Waals surface area (Å²) in [5.41, 5.74) is 0. The van der Waals surface area contributed by atoms with E-state index in [4.69, 9.17) is 4.84 Å². The average molecular weight is 440 g/mol. The van der Waals surface area contributed by atoms with E-state index < -0.39 is 17.8 Å². The van der Waals surface area contributed by atoms with E-state index in [9.17, 15) is 24.0 Å². The molecule has 0 aromatic rings. The first-order chi connectivity index (χ1) is 14.9. The molecule has 1 aliphatic rings. The van der Waals surface area contributed by atoms with Crippen molar-refractivity contribution >= 4 is 29.6 Å². The van der Waals surface area contributed by atoms with Crippen LogP contribution in [-0.4, -0.2) is 47.8 Å². The Kier molecular flexibility index (Phi) is 14.0. The first kappa shape index (κ1) is 26.6. The van der Waals surface area contributed by atoms with Crippen LogP contribution < -0.4 is 10.6 Å². The van der Waals surface area contributed by atoms with Crippen LogP contribution in [0, 0.1) is 0 Å². The van der Waals surface area contributed by atoms with Crippen molar-refractivity contribution in [1.29, 1.82) is 0 Å². The molecule has 2 N–H and O–H groups in total. The SMILES string of the molecule is CCCCCCNC(=O)CCCCC(=O)NCCCCCC(=O)ON1C(=O)CCC1=O. The lowest BCUT2D eigenvalue weighted by atomic mass is 10.1. The van der Waals surface area contributed by atoms with Crippen LogP contribution in [0.4, 0.5) is 0 Å². The van der Waals surface area contributed by atoms with E-state index in [1.807, 2.05) is 0 Å². The molecule has 0 aromatic heterocycles. The number of imide groups is 1. The van der Waals surface area contributed by atoms with E-state index in [-0.39, 0.29) is 31.1 Å². The zero-order valence-electron chi connectivity index (χ0n) is 18.7. The number of nitrogens with one attached hydrogen (secondary N) is 2. The molecule has 176 valence electrons. The fourth-order valence-corrected chi connectivity index (χ4v) is 3.13. The van der Waals surface area contributed by atoms with Crippen LogP contribution in [0.1, 0.15) is 96.8 Å². The maximum Gasteiger partial charge on any atom is 0.333 e. The van der Waals surface area contributed by atoms with Crippen LogP contribution >= 0.6 is 0 Å². The topological polar surface area (TPSA) is 122 Å². The van der Waals surface area contributed by atoms with Gasteiger partial charge in [0.2, 0.25) is 11.8 Å². The molecule has 1 saturated heterocycles. The van der Waals surface area contributed by atoms with Crippen LogP contribution in [0.25, 0.3) is 0 Å². The molecule has 4 amide bonds. The molecule has 0 bridgehead atoms. The second-order valence-corrected chi connectivity index (χ2v) is 7.82. The highest BCUT2D eigenvalue weighted by atomic mass is 16.7. The van der Waals surface area contributed by atoms with Crippen LogP contribution in [0.3, 0.4) is 0 Å². The Bertz CT molecular complexity index is 592. The summed E-state index contributed by atoms with van der Waals surface area (Å²) in [5, 5.41) is 6.29. The minimum atomic E-state index is -0.599. The van der Waals surface area contributed by atoms with Crippen molar-refractivity contribution in [3.63, 3.8) is 0 Å². The molecule has 0 aromatic carbocycles. The van der Waals surface area contributed by atoms with Gasteiger partial charge in [-0.25, -0.2) is 4.79 Å². The normalized spacial score (nSPS) is 13.4. The zero-order chi connectivity index (χ0) is 22.9. The number of amides is 4. The summed E-state index contributed by atoms with van der Waals surface area (Å²) in [6.45, 7) is 3.40.